The second kappa shape index (κ2) is 6.83. The van der Waals surface area contributed by atoms with Crippen molar-refractivity contribution in [1.29, 1.82) is 0 Å². The third-order valence-corrected chi connectivity index (χ3v) is 3.28. The van der Waals surface area contributed by atoms with Gasteiger partial charge in [-0.25, -0.2) is 0 Å². The van der Waals surface area contributed by atoms with E-state index in [9.17, 15) is 30.2 Å². The molecule has 0 fully saturated rings. The zero-order valence-electron chi connectivity index (χ0n) is 13.1. The minimum absolute atomic E-state index is 0.220. The molecule has 2 aromatic carbocycles. The second-order valence-corrected chi connectivity index (χ2v) is 4.77. The first-order valence-corrected chi connectivity index (χ1v) is 6.75. The number of ether oxygens (including phenoxy) is 2. The molecule has 0 aromatic heterocycles. The first kappa shape index (κ1) is 17.7. The fraction of sp³-hybridized carbons (Fsp3) is 0.133. The lowest BCUT2D eigenvalue weighted by Crippen LogP contribution is -2.13. The van der Waals surface area contributed by atoms with Crippen molar-refractivity contribution in [3.05, 3.63) is 39.9 Å². The third kappa shape index (κ3) is 3.32. The molecule has 0 heterocycles. The molecule has 0 aliphatic rings. The summed E-state index contributed by atoms with van der Waals surface area (Å²) in [6, 6.07) is 4.98. The van der Waals surface area contributed by atoms with Crippen LogP contribution >= 0.6 is 0 Å². The van der Waals surface area contributed by atoms with Gasteiger partial charge in [0.1, 0.15) is 11.3 Å². The Morgan fingerprint density at radius 3 is 2.28 bits per heavy atom. The van der Waals surface area contributed by atoms with Crippen molar-refractivity contribution in [2.45, 2.75) is 0 Å². The van der Waals surface area contributed by atoms with Gasteiger partial charge in [-0.1, -0.05) is 0 Å². The van der Waals surface area contributed by atoms with Gasteiger partial charge < -0.3 is 30.1 Å². The van der Waals surface area contributed by atoms with Crippen molar-refractivity contribution >= 4 is 17.3 Å². The Morgan fingerprint density at radius 2 is 1.72 bits per heavy atom. The lowest BCUT2D eigenvalue weighted by Gasteiger charge is -2.12. The number of hydrogen-bond acceptors (Lipinski definition) is 8. The number of carbonyl (C=O) groups excluding carboxylic acids is 1. The smallest absolute Gasteiger partial charge is 0.353 e. The van der Waals surface area contributed by atoms with Gasteiger partial charge in [0, 0.05) is 17.8 Å². The Kier molecular flexibility index (Phi) is 4.82. The summed E-state index contributed by atoms with van der Waals surface area (Å²) in [6.45, 7) is 0. The highest BCUT2D eigenvalue weighted by Gasteiger charge is 2.30. The van der Waals surface area contributed by atoms with Crippen LogP contribution in [0.5, 0.6) is 28.7 Å². The van der Waals surface area contributed by atoms with E-state index in [1.54, 1.807) is 0 Å². The van der Waals surface area contributed by atoms with Crippen LogP contribution in [0.4, 0.5) is 11.4 Å². The van der Waals surface area contributed by atoms with E-state index in [-0.39, 0.29) is 5.69 Å². The number of rotatable bonds is 5. The van der Waals surface area contributed by atoms with Crippen LogP contribution in [-0.4, -0.2) is 40.4 Å². The maximum absolute atomic E-state index is 12.3. The number of nitro benzene ring substituents is 1. The molecule has 132 valence electrons. The van der Waals surface area contributed by atoms with Gasteiger partial charge in [0.15, 0.2) is 11.5 Å². The molecular weight excluding hydrogens is 336 g/mol. The molecule has 10 heteroatoms. The number of hydrogen-bond donors (Lipinski definition) is 4. The van der Waals surface area contributed by atoms with Gasteiger partial charge >= 0.3 is 5.69 Å². The molecule has 0 bridgehead atoms. The lowest BCUT2D eigenvalue weighted by atomic mass is 10.1. The normalized spacial score (nSPS) is 10.2. The highest BCUT2D eigenvalue weighted by molar-refractivity contribution is 6.09. The van der Waals surface area contributed by atoms with Crippen LogP contribution in [0.3, 0.4) is 0 Å². The number of nitro groups is 1. The molecule has 0 aliphatic heterocycles. The van der Waals surface area contributed by atoms with Crippen molar-refractivity contribution in [3.8, 4) is 28.7 Å². The summed E-state index contributed by atoms with van der Waals surface area (Å²) >= 11 is 0. The van der Waals surface area contributed by atoms with Crippen molar-refractivity contribution in [1.82, 2.24) is 0 Å². The highest BCUT2D eigenvalue weighted by Crippen LogP contribution is 2.43. The molecule has 10 nitrogen and oxygen atoms in total. The molecule has 2 aromatic rings. The number of amides is 1. The monoisotopic (exact) mass is 350 g/mol. The molecule has 0 spiro atoms. The topological polar surface area (TPSA) is 151 Å². The van der Waals surface area contributed by atoms with E-state index >= 15 is 0 Å². The van der Waals surface area contributed by atoms with E-state index in [1.165, 1.54) is 32.4 Å². The maximum Gasteiger partial charge on any atom is 0.353 e. The highest BCUT2D eigenvalue weighted by atomic mass is 16.6. The standard InChI is InChI=1S/C15H14N2O8/c1-24-10-4-3-7(5-11(10)25-2)16-15(21)12-8(18)6-9(19)13(14(12)20)17(22)23/h3-6,18-20H,1-2H3,(H,16,21). The molecule has 0 radical (unpaired) electrons. The minimum atomic E-state index is -1.15. The van der Waals surface area contributed by atoms with Crippen LogP contribution in [-0.2, 0) is 0 Å². The van der Waals surface area contributed by atoms with E-state index < -0.39 is 39.3 Å². The molecule has 0 saturated heterocycles. The van der Waals surface area contributed by atoms with Crippen molar-refractivity contribution in [3.63, 3.8) is 0 Å². The summed E-state index contributed by atoms with van der Waals surface area (Å²) in [7, 11) is 2.83. The molecule has 0 atom stereocenters. The number of aromatic hydroxyl groups is 3. The van der Waals surface area contributed by atoms with Gasteiger partial charge in [-0.05, 0) is 12.1 Å². The largest absolute Gasteiger partial charge is 0.507 e. The van der Waals surface area contributed by atoms with Gasteiger partial charge in [-0.2, -0.15) is 0 Å². The molecule has 0 aliphatic carbocycles. The minimum Gasteiger partial charge on any atom is -0.507 e. The van der Waals surface area contributed by atoms with Crippen LogP contribution in [0.2, 0.25) is 0 Å². The molecule has 1 amide bonds. The Hall–Kier alpha value is -3.69. The fourth-order valence-electron chi connectivity index (χ4n) is 2.14. The number of phenolic OH excluding ortho intramolecular Hbond substituents is 3. The predicted molar refractivity (Wildman–Crippen MR) is 85.6 cm³/mol. The molecule has 25 heavy (non-hydrogen) atoms. The van der Waals surface area contributed by atoms with E-state index in [0.29, 0.717) is 17.6 Å². The summed E-state index contributed by atoms with van der Waals surface area (Å²) < 4.78 is 10.1. The lowest BCUT2D eigenvalue weighted by molar-refractivity contribution is -0.386. The zero-order valence-corrected chi connectivity index (χ0v) is 13.1. The van der Waals surface area contributed by atoms with Gasteiger partial charge in [0.2, 0.25) is 11.5 Å². The maximum atomic E-state index is 12.3. The SMILES string of the molecule is COc1ccc(NC(=O)c2c(O)cc(O)c([N+](=O)[O-])c2O)cc1OC. The first-order chi connectivity index (χ1) is 11.8. The number of nitrogens with zero attached hydrogens (tertiary/aromatic N) is 1. The summed E-state index contributed by atoms with van der Waals surface area (Å²) in [4.78, 5) is 22.1. The quantitative estimate of drug-likeness (QED) is 0.472. The molecule has 2 rings (SSSR count). The Balaban J connectivity index is 2.42. The number of methoxy groups -OCH3 is 2. The molecular formula is C15H14N2O8. The van der Waals surface area contributed by atoms with Gasteiger partial charge in [-0.3, -0.25) is 14.9 Å². The van der Waals surface area contributed by atoms with Gasteiger partial charge in [-0.15, -0.1) is 0 Å². The number of benzene rings is 2. The zero-order chi connectivity index (χ0) is 18.7. The van der Waals surface area contributed by atoms with Gasteiger partial charge in [0.25, 0.3) is 5.91 Å². The fourth-order valence-corrected chi connectivity index (χ4v) is 2.14. The molecule has 4 N–H and O–H groups in total. The first-order valence-electron chi connectivity index (χ1n) is 6.75. The molecule has 0 unspecified atom stereocenters. The van der Waals surface area contributed by atoms with Crippen molar-refractivity contribution in [2.75, 3.05) is 19.5 Å². The Morgan fingerprint density at radius 1 is 1.08 bits per heavy atom. The van der Waals surface area contributed by atoms with Crippen LogP contribution < -0.4 is 14.8 Å². The van der Waals surface area contributed by atoms with Crippen LogP contribution in [0.1, 0.15) is 10.4 Å². The number of carbonyl (C=O) groups is 1. The third-order valence-electron chi connectivity index (χ3n) is 3.28. The van der Waals surface area contributed by atoms with E-state index in [0.717, 1.165) is 0 Å². The average molecular weight is 350 g/mol. The number of phenols is 3. The van der Waals surface area contributed by atoms with E-state index in [1.807, 2.05) is 0 Å². The van der Waals surface area contributed by atoms with Crippen molar-refractivity contribution in [2.24, 2.45) is 0 Å². The van der Waals surface area contributed by atoms with Crippen LogP contribution in [0.25, 0.3) is 0 Å². The van der Waals surface area contributed by atoms with Crippen molar-refractivity contribution < 1.29 is 34.5 Å². The summed E-state index contributed by atoms with van der Waals surface area (Å²) in [5.41, 5.74) is -1.62. The summed E-state index contributed by atoms with van der Waals surface area (Å²) in [5, 5.41) is 42.3. The second-order valence-electron chi connectivity index (χ2n) is 4.77. The number of anilines is 1. The van der Waals surface area contributed by atoms with Crippen LogP contribution in [0, 0.1) is 10.1 Å². The number of nitrogens with one attached hydrogen (secondary N) is 1. The Labute approximate surface area is 141 Å². The molecule has 0 saturated carbocycles. The predicted octanol–water partition coefficient (Wildman–Crippen LogP) is 1.98. The van der Waals surface area contributed by atoms with Gasteiger partial charge in [0.05, 0.1) is 19.1 Å². The summed E-state index contributed by atoms with van der Waals surface area (Å²) in [6.07, 6.45) is 0. The van der Waals surface area contributed by atoms with E-state index in [2.05, 4.69) is 5.32 Å². The average Bonchev–Trinajstić information content (AvgIpc) is 2.53. The Bertz CT molecular complexity index is 850. The van der Waals surface area contributed by atoms with Crippen LogP contribution in [0.15, 0.2) is 24.3 Å². The summed E-state index contributed by atoms with van der Waals surface area (Å²) in [5.74, 6) is -3.25. The van der Waals surface area contributed by atoms with E-state index in [4.69, 9.17) is 9.47 Å².